The summed E-state index contributed by atoms with van der Waals surface area (Å²) in [5, 5.41) is 14.1. The van der Waals surface area contributed by atoms with Gasteiger partial charge in [0.15, 0.2) is 11.0 Å². The molecule has 6 heteroatoms. The molecule has 1 heterocycles. The number of aryl methyl sites for hydroxylation is 1. The third-order valence-corrected chi connectivity index (χ3v) is 4.38. The zero-order chi connectivity index (χ0) is 17.8. The molecule has 124 valence electrons. The van der Waals surface area contributed by atoms with Crippen LogP contribution < -0.4 is 5.32 Å². The van der Waals surface area contributed by atoms with Crippen molar-refractivity contribution < 1.29 is 0 Å². The largest absolute Gasteiger partial charge is 0.339 e. The fourth-order valence-corrected chi connectivity index (χ4v) is 2.91. The number of halogens is 1. The Hall–Kier alpha value is -2.55. The van der Waals surface area contributed by atoms with Crippen LogP contribution >= 0.6 is 23.4 Å². The molecule has 25 heavy (non-hydrogen) atoms. The molecule has 0 aliphatic heterocycles. The predicted octanol–water partition coefficient (Wildman–Crippen LogP) is 5.44. The van der Waals surface area contributed by atoms with E-state index in [1.54, 1.807) is 12.1 Å². The van der Waals surface area contributed by atoms with Crippen molar-refractivity contribution in [3.8, 4) is 17.3 Å². The fourth-order valence-electron chi connectivity index (χ4n) is 2.35. The van der Waals surface area contributed by atoms with Crippen LogP contribution in [0.5, 0.6) is 0 Å². The minimum Gasteiger partial charge on any atom is -0.339 e. The van der Waals surface area contributed by atoms with Crippen molar-refractivity contribution in [1.29, 1.82) is 5.26 Å². The topological polar surface area (TPSA) is 61.6 Å². The van der Waals surface area contributed by atoms with E-state index >= 15 is 0 Å². The molecule has 0 unspecified atom stereocenters. The van der Waals surface area contributed by atoms with Gasteiger partial charge in [0.1, 0.15) is 11.6 Å². The number of hydrogen-bond acceptors (Lipinski definition) is 5. The van der Waals surface area contributed by atoms with Crippen molar-refractivity contribution in [3.63, 3.8) is 0 Å². The van der Waals surface area contributed by atoms with Crippen LogP contribution in [0.3, 0.4) is 0 Å². The lowest BCUT2D eigenvalue weighted by Crippen LogP contribution is -2.03. The third-order valence-electron chi connectivity index (χ3n) is 3.60. The highest BCUT2D eigenvalue weighted by molar-refractivity contribution is 7.98. The normalized spacial score (nSPS) is 10.3. The van der Waals surface area contributed by atoms with E-state index in [0.717, 1.165) is 16.8 Å². The Morgan fingerprint density at radius 1 is 1.12 bits per heavy atom. The number of rotatable bonds is 4. The van der Waals surface area contributed by atoms with E-state index in [9.17, 15) is 5.26 Å². The molecular weight excluding hydrogens is 352 g/mol. The van der Waals surface area contributed by atoms with Gasteiger partial charge in [0.2, 0.25) is 0 Å². The second-order valence-electron chi connectivity index (χ2n) is 5.40. The Morgan fingerprint density at radius 3 is 2.52 bits per heavy atom. The van der Waals surface area contributed by atoms with Gasteiger partial charge in [-0.2, -0.15) is 5.26 Å². The minimum atomic E-state index is 0.404. The lowest BCUT2D eigenvalue weighted by atomic mass is 10.1. The molecule has 0 fully saturated rings. The van der Waals surface area contributed by atoms with E-state index in [-0.39, 0.29) is 0 Å². The molecule has 1 N–H and O–H groups in total. The van der Waals surface area contributed by atoms with Gasteiger partial charge < -0.3 is 5.32 Å². The van der Waals surface area contributed by atoms with Gasteiger partial charge in [0.05, 0.1) is 5.69 Å². The van der Waals surface area contributed by atoms with Gasteiger partial charge >= 0.3 is 0 Å². The fraction of sp³-hybridized carbons (Fsp3) is 0.105. The maximum Gasteiger partial charge on any atom is 0.189 e. The zero-order valence-electron chi connectivity index (χ0n) is 13.7. The SMILES string of the molecule is CSc1nc(Nc2cccc(Cl)c2)c(C#N)c(-c2ccc(C)cc2)n1. The van der Waals surface area contributed by atoms with E-state index in [4.69, 9.17) is 11.6 Å². The highest BCUT2D eigenvalue weighted by Crippen LogP contribution is 2.30. The van der Waals surface area contributed by atoms with Crippen LogP contribution in [0.1, 0.15) is 11.1 Å². The number of aromatic nitrogens is 2. The molecule has 0 spiro atoms. The Kier molecular flexibility index (Phi) is 5.22. The van der Waals surface area contributed by atoms with Crippen LogP contribution in [-0.2, 0) is 0 Å². The molecule has 4 nitrogen and oxygen atoms in total. The summed E-state index contributed by atoms with van der Waals surface area (Å²) in [4.78, 5) is 9.01. The molecule has 0 saturated heterocycles. The first-order chi connectivity index (χ1) is 12.1. The number of anilines is 2. The molecule has 0 saturated carbocycles. The van der Waals surface area contributed by atoms with Crippen molar-refractivity contribution in [1.82, 2.24) is 9.97 Å². The summed E-state index contributed by atoms with van der Waals surface area (Å²) in [5.74, 6) is 0.472. The first-order valence-corrected chi connectivity index (χ1v) is 9.16. The molecule has 3 aromatic rings. The molecular formula is C19H15ClN4S. The van der Waals surface area contributed by atoms with Crippen LogP contribution in [0.15, 0.2) is 53.7 Å². The van der Waals surface area contributed by atoms with Gasteiger partial charge in [-0.1, -0.05) is 59.3 Å². The second kappa shape index (κ2) is 7.56. The maximum atomic E-state index is 9.71. The number of thioether (sulfide) groups is 1. The Balaban J connectivity index is 2.13. The molecule has 1 aromatic heterocycles. The van der Waals surface area contributed by atoms with Crippen molar-refractivity contribution in [2.24, 2.45) is 0 Å². The number of nitrogens with one attached hydrogen (secondary N) is 1. The van der Waals surface area contributed by atoms with E-state index in [1.165, 1.54) is 11.8 Å². The summed E-state index contributed by atoms with van der Waals surface area (Å²) in [6.07, 6.45) is 1.91. The molecule has 0 radical (unpaired) electrons. The third kappa shape index (κ3) is 3.93. The molecule has 3 rings (SSSR count). The Bertz CT molecular complexity index is 949. The van der Waals surface area contributed by atoms with Gasteiger partial charge in [0, 0.05) is 16.3 Å². The molecule has 0 aliphatic carbocycles. The summed E-state index contributed by atoms with van der Waals surface area (Å²) in [7, 11) is 0. The van der Waals surface area contributed by atoms with E-state index in [2.05, 4.69) is 21.4 Å². The molecule has 0 aliphatic rings. The van der Waals surface area contributed by atoms with Gasteiger partial charge in [-0.25, -0.2) is 9.97 Å². The molecule has 0 atom stereocenters. The summed E-state index contributed by atoms with van der Waals surface area (Å²) < 4.78 is 0. The maximum absolute atomic E-state index is 9.71. The van der Waals surface area contributed by atoms with E-state index < -0.39 is 0 Å². The van der Waals surface area contributed by atoms with Crippen LogP contribution in [0.4, 0.5) is 11.5 Å². The molecule has 0 bridgehead atoms. The van der Waals surface area contributed by atoms with E-state index in [0.29, 0.717) is 27.3 Å². The molecule has 2 aromatic carbocycles. The summed E-state index contributed by atoms with van der Waals surface area (Å²) >= 11 is 7.47. The quantitative estimate of drug-likeness (QED) is 0.492. The van der Waals surface area contributed by atoms with Gasteiger partial charge in [-0.15, -0.1) is 0 Å². The van der Waals surface area contributed by atoms with Crippen LogP contribution in [0.25, 0.3) is 11.3 Å². The van der Waals surface area contributed by atoms with Crippen LogP contribution in [-0.4, -0.2) is 16.2 Å². The molecule has 0 amide bonds. The highest BCUT2D eigenvalue weighted by atomic mass is 35.5. The standard InChI is InChI=1S/C19H15ClN4S/c1-12-6-8-13(9-7-12)17-16(11-21)18(24-19(23-17)25-2)22-15-5-3-4-14(20)10-15/h3-10H,1-2H3,(H,22,23,24). The Labute approximate surface area is 155 Å². The lowest BCUT2D eigenvalue weighted by molar-refractivity contribution is 0.975. The first kappa shape index (κ1) is 17.3. The zero-order valence-corrected chi connectivity index (χ0v) is 15.3. The van der Waals surface area contributed by atoms with Gasteiger partial charge in [0.25, 0.3) is 0 Å². The van der Waals surface area contributed by atoms with Crippen LogP contribution in [0, 0.1) is 18.3 Å². The van der Waals surface area contributed by atoms with Crippen molar-refractivity contribution in [2.45, 2.75) is 12.1 Å². The van der Waals surface area contributed by atoms with Crippen molar-refractivity contribution >= 4 is 34.9 Å². The average molecular weight is 367 g/mol. The number of nitrogens with zero attached hydrogens (tertiary/aromatic N) is 3. The monoisotopic (exact) mass is 366 g/mol. The first-order valence-electron chi connectivity index (χ1n) is 7.56. The van der Waals surface area contributed by atoms with Gasteiger partial charge in [-0.3, -0.25) is 0 Å². The van der Waals surface area contributed by atoms with Gasteiger partial charge in [-0.05, 0) is 31.4 Å². The predicted molar refractivity (Wildman–Crippen MR) is 103 cm³/mol. The lowest BCUT2D eigenvalue weighted by Gasteiger charge is -2.12. The number of nitriles is 1. The average Bonchev–Trinajstić information content (AvgIpc) is 2.61. The number of hydrogen-bond donors (Lipinski definition) is 1. The number of benzene rings is 2. The minimum absolute atomic E-state index is 0.404. The summed E-state index contributed by atoms with van der Waals surface area (Å²) in [5.41, 5.74) is 3.82. The summed E-state index contributed by atoms with van der Waals surface area (Å²) in [6, 6.07) is 17.5. The van der Waals surface area contributed by atoms with E-state index in [1.807, 2.05) is 49.6 Å². The Morgan fingerprint density at radius 2 is 1.88 bits per heavy atom. The van der Waals surface area contributed by atoms with Crippen molar-refractivity contribution in [3.05, 3.63) is 64.7 Å². The van der Waals surface area contributed by atoms with Crippen molar-refractivity contribution in [2.75, 3.05) is 11.6 Å². The smallest absolute Gasteiger partial charge is 0.189 e. The highest BCUT2D eigenvalue weighted by Gasteiger charge is 2.16. The second-order valence-corrected chi connectivity index (χ2v) is 6.61. The summed E-state index contributed by atoms with van der Waals surface area (Å²) in [6.45, 7) is 2.02. The van der Waals surface area contributed by atoms with Crippen LogP contribution in [0.2, 0.25) is 5.02 Å².